The third-order valence-electron chi connectivity index (χ3n) is 5.61. The van der Waals surface area contributed by atoms with Gasteiger partial charge < -0.3 is 10.0 Å². The fraction of sp³-hybridized carbons (Fsp3) is 0.556. The first-order chi connectivity index (χ1) is 11.1. The number of nitrogens with one attached hydrogen (secondary N) is 2. The van der Waals surface area contributed by atoms with Crippen molar-refractivity contribution in [1.82, 2.24) is 10.2 Å². The lowest BCUT2D eigenvalue weighted by Gasteiger charge is -2.43. The lowest BCUT2D eigenvalue weighted by Crippen LogP contribution is -2.54. The zero-order chi connectivity index (χ0) is 16.0. The van der Waals surface area contributed by atoms with E-state index in [0.717, 1.165) is 31.2 Å². The molecule has 1 aliphatic heterocycles. The van der Waals surface area contributed by atoms with E-state index in [1.54, 1.807) is 12.1 Å². The number of rotatable bonds is 3. The van der Waals surface area contributed by atoms with Gasteiger partial charge in [0.1, 0.15) is 5.75 Å². The summed E-state index contributed by atoms with van der Waals surface area (Å²) in [5.41, 5.74) is 0.149. The van der Waals surface area contributed by atoms with Crippen molar-refractivity contribution in [3.8, 4) is 5.75 Å². The number of guanidine groups is 1. The Labute approximate surface area is 136 Å². The van der Waals surface area contributed by atoms with Gasteiger partial charge in [0, 0.05) is 6.04 Å². The van der Waals surface area contributed by atoms with Crippen molar-refractivity contribution in [2.24, 2.45) is 5.92 Å². The van der Waals surface area contributed by atoms with Gasteiger partial charge in [-0.15, -0.1) is 0 Å². The smallest absolute Gasteiger partial charge is 0.257 e. The predicted octanol–water partition coefficient (Wildman–Crippen LogP) is 2.70. The summed E-state index contributed by atoms with van der Waals surface area (Å²) in [5, 5.41) is 20.8. The van der Waals surface area contributed by atoms with Crippen LogP contribution in [0.5, 0.6) is 5.75 Å². The van der Waals surface area contributed by atoms with Gasteiger partial charge in [-0.3, -0.25) is 15.5 Å². The van der Waals surface area contributed by atoms with Crippen molar-refractivity contribution >= 4 is 11.9 Å². The van der Waals surface area contributed by atoms with Gasteiger partial charge >= 0.3 is 0 Å². The minimum Gasteiger partial charge on any atom is -0.508 e. The van der Waals surface area contributed by atoms with Crippen LogP contribution in [-0.4, -0.2) is 27.9 Å². The molecule has 1 unspecified atom stereocenters. The number of amides is 1. The molecular formula is C18H23N3O2. The minimum absolute atomic E-state index is 0.0683. The Morgan fingerprint density at radius 3 is 2.35 bits per heavy atom. The van der Waals surface area contributed by atoms with E-state index in [0.29, 0.717) is 0 Å². The number of phenols is 1. The van der Waals surface area contributed by atoms with Gasteiger partial charge in [-0.25, -0.2) is 0 Å². The number of carbonyl (C=O) groups excluding carboxylic acids is 1. The molecule has 1 aromatic rings. The predicted molar refractivity (Wildman–Crippen MR) is 87.1 cm³/mol. The fourth-order valence-electron chi connectivity index (χ4n) is 4.46. The van der Waals surface area contributed by atoms with Crippen LogP contribution in [0.25, 0.3) is 0 Å². The Morgan fingerprint density at radius 2 is 1.74 bits per heavy atom. The minimum atomic E-state index is -0.757. The second kappa shape index (κ2) is 5.25. The molecule has 4 rings (SSSR count). The molecule has 5 heteroatoms. The van der Waals surface area contributed by atoms with E-state index in [2.05, 4.69) is 10.2 Å². The van der Waals surface area contributed by atoms with Crippen molar-refractivity contribution in [3.05, 3.63) is 29.8 Å². The third-order valence-corrected chi connectivity index (χ3v) is 5.61. The van der Waals surface area contributed by atoms with Gasteiger partial charge in [-0.05, 0) is 49.3 Å². The molecule has 0 spiro atoms. The number of carbonyl (C=O) groups is 1. The number of phenolic OH excluding ortho intramolecular Hbond substituents is 1. The van der Waals surface area contributed by atoms with Crippen molar-refractivity contribution in [3.63, 3.8) is 0 Å². The highest BCUT2D eigenvalue weighted by Crippen LogP contribution is 2.53. The van der Waals surface area contributed by atoms with Crippen LogP contribution in [0.15, 0.2) is 24.3 Å². The highest BCUT2D eigenvalue weighted by molar-refractivity contribution is 6.08. The van der Waals surface area contributed by atoms with Crippen LogP contribution in [0, 0.1) is 11.3 Å². The van der Waals surface area contributed by atoms with Gasteiger partial charge in [-0.2, -0.15) is 0 Å². The Kier molecular flexibility index (Phi) is 3.32. The van der Waals surface area contributed by atoms with E-state index in [1.165, 1.54) is 19.3 Å². The molecule has 1 atom stereocenters. The van der Waals surface area contributed by atoms with Crippen molar-refractivity contribution < 1.29 is 9.90 Å². The summed E-state index contributed by atoms with van der Waals surface area (Å²) < 4.78 is 0. The second-order valence-electron chi connectivity index (χ2n) is 7.05. The Hall–Kier alpha value is -2.04. The van der Waals surface area contributed by atoms with Crippen molar-refractivity contribution in [2.45, 2.75) is 56.5 Å². The monoisotopic (exact) mass is 313 g/mol. The van der Waals surface area contributed by atoms with Gasteiger partial charge in [-0.1, -0.05) is 31.4 Å². The van der Waals surface area contributed by atoms with E-state index in [-0.39, 0.29) is 29.6 Å². The lowest BCUT2D eigenvalue weighted by molar-refractivity contribution is -0.129. The molecular weight excluding hydrogens is 290 g/mol. The maximum atomic E-state index is 13.0. The molecule has 1 aromatic carbocycles. The molecule has 2 aliphatic carbocycles. The van der Waals surface area contributed by atoms with Crippen LogP contribution in [0.4, 0.5) is 0 Å². The molecule has 23 heavy (non-hydrogen) atoms. The molecule has 122 valence electrons. The fourth-order valence-corrected chi connectivity index (χ4v) is 4.46. The van der Waals surface area contributed by atoms with Gasteiger partial charge in [0.25, 0.3) is 5.91 Å². The number of benzene rings is 1. The van der Waals surface area contributed by atoms with E-state index in [9.17, 15) is 9.90 Å². The second-order valence-corrected chi connectivity index (χ2v) is 7.05. The largest absolute Gasteiger partial charge is 0.508 e. The number of hydrogen-bond acceptors (Lipinski definition) is 3. The summed E-state index contributed by atoms with van der Waals surface area (Å²) in [4.78, 5) is 15.0. The molecule has 5 nitrogen and oxygen atoms in total. The molecule has 0 bridgehead atoms. The van der Waals surface area contributed by atoms with Crippen LogP contribution in [0.3, 0.4) is 0 Å². The maximum Gasteiger partial charge on any atom is 0.257 e. The molecule has 3 aliphatic rings. The van der Waals surface area contributed by atoms with Crippen LogP contribution >= 0.6 is 0 Å². The number of aromatic hydroxyl groups is 1. The van der Waals surface area contributed by atoms with E-state index < -0.39 is 5.54 Å². The third kappa shape index (κ3) is 2.13. The Balaban J connectivity index is 1.82. The summed E-state index contributed by atoms with van der Waals surface area (Å²) in [6.07, 6.45) is 7.70. The Morgan fingerprint density at radius 1 is 1.09 bits per heavy atom. The first kappa shape index (κ1) is 14.5. The zero-order valence-corrected chi connectivity index (χ0v) is 13.2. The molecule has 1 saturated heterocycles. The van der Waals surface area contributed by atoms with E-state index in [1.807, 2.05) is 12.1 Å². The lowest BCUT2D eigenvalue weighted by atomic mass is 9.80. The highest BCUT2D eigenvalue weighted by atomic mass is 16.3. The zero-order valence-electron chi connectivity index (χ0n) is 13.2. The van der Waals surface area contributed by atoms with Crippen molar-refractivity contribution in [1.29, 1.82) is 5.41 Å². The van der Waals surface area contributed by atoms with Gasteiger partial charge in [0.15, 0.2) is 11.5 Å². The van der Waals surface area contributed by atoms with Crippen LogP contribution in [0.1, 0.15) is 50.5 Å². The molecule has 0 aromatic heterocycles. The molecule has 2 saturated carbocycles. The van der Waals surface area contributed by atoms with Crippen LogP contribution in [0.2, 0.25) is 0 Å². The van der Waals surface area contributed by atoms with Crippen LogP contribution < -0.4 is 5.32 Å². The van der Waals surface area contributed by atoms with Gasteiger partial charge in [0.05, 0.1) is 0 Å². The SMILES string of the molecule is N=C1NC(=O)C(c2ccc(O)cc2)(C2CC2)N1C1CCCCC1. The maximum absolute atomic E-state index is 13.0. The molecule has 1 amide bonds. The topological polar surface area (TPSA) is 76.4 Å². The first-order valence-corrected chi connectivity index (χ1v) is 8.63. The molecule has 3 fully saturated rings. The molecule has 0 radical (unpaired) electrons. The van der Waals surface area contributed by atoms with E-state index >= 15 is 0 Å². The molecule has 1 heterocycles. The standard InChI is InChI=1S/C18H23N3O2/c19-17-20-16(23)18(12-6-7-12,13-8-10-15(22)11-9-13)21(17)14-4-2-1-3-5-14/h8-12,14,22H,1-7H2,(H2,19,20,23). The average Bonchev–Trinajstić information content (AvgIpc) is 3.35. The number of hydrogen-bond donors (Lipinski definition) is 3. The highest BCUT2D eigenvalue weighted by Gasteiger charge is 2.62. The van der Waals surface area contributed by atoms with E-state index in [4.69, 9.17) is 5.41 Å². The van der Waals surface area contributed by atoms with Crippen molar-refractivity contribution in [2.75, 3.05) is 0 Å². The summed E-state index contributed by atoms with van der Waals surface area (Å²) >= 11 is 0. The normalized spacial score (nSPS) is 29.0. The number of nitrogens with zero attached hydrogens (tertiary/aromatic N) is 1. The summed E-state index contributed by atoms with van der Waals surface area (Å²) in [6, 6.07) is 7.25. The summed E-state index contributed by atoms with van der Waals surface area (Å²) in [7, 11) is 0. The summed E-state index contributed by atoms with van der Waals surface area (Å²) in [5.74, 6) is 0.650. The van der Waals surface area contributed by atoms with Gasteiger partial charge in [0.2, 0.25) is 0 Å². The Bertz CT molecular complexity index is 632. The average molecular weight is 313 g/mol. The quantitative estimate of drug-likeness (QED) is 0.803. The molecule has 3 N–H and O–H groups in total. The summed E-state index contributed by atoms with van der Waals surface area (Å²) in [6.45, 7) is 0. The van der Waals surface area contributed by atoms with Crippen LogP contribution in [-0.2, 0) is 10.3 Å². The first-order valence-electron chi connectivity index (χ1n) is 8.63.